The Morgan fingerprint density at radius 2 is 1.91 bits per heavy atom. The molecule has 0 saturated carbocycles. The summed E-state index contributed by atoms with van der Waals surface area (Å²) in [5.74, 6) is 0.0987. The first-order valence-corrected chi connectivity index (χ1v) is 3.84. The van der Waals surface area contributed by atoms with Gasteiger partial charge in [-0.25, -0.2) is 4.39 Å². The SMILES string of the molecule is N[C@@H](CCl)c1ccc(F)cc1. The van der Waals surface area contributed by atoms with Gasteiger partial charge in [0, 0.05) is 11.9 Å². The van der Waals surface area contributed by atoms with Crippen LogP contribution in [0.4, 0.5) is 4.39 Å². The maximum atomic E-state index is 12.4. The highest BCUT2D eigenvalue weighted by Crippen LogP contribution is 2.11. The van der Waals surface area contributed by atoms with Gasteiger partial charge >= 0.3 is 0 Å². The van der Waals surface area contributed by atoms with Gasteiger partial charge in [-0.1, -0.05) is 12.1 Å². The lowest BCUT2D eigenvalue weighted by Gasteiger charge is -2.06. The number of hydrogen-bond donors (Lipinski definition) is 1. The third kappa shape index (κ3) is 2.17. The van der Waals surface area contributed by atoms with Crippen LogP contribution in [0.3, 0.4) is 0 Å². The second kappa shape index (κ2) is 3.69. The molecule has 0 aliphatic heterocycles. The van der Waals surface area contributed by atoms with Crippen LogP contribution >= 0.6 is 11.6 Å². The average molecular weight is 174 g/mol. The Morgan fingerprint density at radius 3 is 2.36 bits per heavy atom. The van der Waals surface area contributed by atoms with Crippen molar-refractivity contribution in [2.24, 2.45) is 5.73 Å². The normalized spacial score (nSPS) is 13.0. The third-order valence-electron chi connectivity index (χ3n) is 1.46. The van der Waals surface area contributed by atoms with Gasteiger partial charge in [0.15, 0.2) is 0 Å². The molecule has 0 fully saturated rings. The molecule has 1 nitrogen and oxygen atoms in total. The second-order valence-electron chi connectivity index (χ2n) is 2.31. The fraction of sp³-hybridized carbons (Fsp3) is 0.250. The predicted molar refractivity (Wildman–Crippen MR) is 44.0 cm³/mol. The van der Waals surface area contributed by atoms with Gasteiger partial charge in [-0.15, -0.1) is 11.6 Å². The highest BCUT2D eigenvalue weighted by Gasteiger charge is 2.02. The van der Waals surface area contributed by atoms with E-state index in [1.54, 1.807) is 12.1 Å². The van der Waals surface area contributed by atoms with Crippen molar-refractivity contribution in [2.45, 2.75) is 6.04 Å². The smallest absolute Gasteiger partial charge is 0.123 e. The lowest BCUT2D eigenvalue weighted by atomic mass is 10.1. The van der Waals surface area contributed by atoms with Gasteiger partial charge in [0.1, 0.15) is 5.82 Å². The Labute approximate surface area is 70.0 Å². The molecular formula is C8H9ClFN. The van der Waals surface area contributed by atoms with Gasteiger partial charge in [0.2, 0.25) is 0 Å². The van der Waals surface area contributed by atoms with Gasteiger partial charge in [0.05, 0.1) is 0 Å². The monoisotopic (exact) mass is 173 g/mol. The number of rotatable bonds is 2. The summed E-state index contributed by atoms with van der Waals surface area (Å²) >= 11 is 5.51. The molecule has 0 aliphatic carbocycles. The third-order valence-corrected chi connectivity index (χ3v) is 1.80. The van der Waals surface area contributed by atoms with Crippen LogP contribution in [0.2, 0.25) is 0 Å². The number of nitrogens with two attached hydrogens (primary N) is 1. The number of halogens is 2. The fourth-order valence-corrected chi connectivity index (χ4v) is 0.977. The van der Waals surface area contributed by atoms with Crippen molar-refractivity contribution in [3.63, 3.8) is 0 Å². The molecule has 0 saturated heterocycles. The molecule has 0 bridgehead atoms. The van der Waals surface area contributed by atoms with Gasteiger partial charge in [0.25, 0.3) is 0 Å². The van der Waals surface area contributed by atoms with Crippen molar-refractivity contribution in [3.05, 3.63) is 35.6 Å². The standard InChI is InChI=1S/C8H9ClFN/c9-5-8(11)6-1-3-7(10)4-2-6/h1-4,8H,5,11H2/t8-/m0/s1. The van der Waals surface area contributed by atoms with Gasteiger partial charge in [-0.3, -0.25) is 0 Å². The van der Waals surface area contributed by atoms with Crippen LogP contribution in [0.1, 0.15) is 11.6 Å². The predicted octanol–water partition coefficient (Wildman–Crippen LogP) is 2.06. The molecule has 1 rings (SSSR count). The summed E-state index contributed by atoms with van der Waals surface area (Å²) in [7, 11) is 0. The molecule has 0 aliphatic rings. The first-order chi connectivity index (χ1) is 5.24. The molecule has 0 aromatic heterocycles. The summed E-state index contributed by atoms with van der Waals surface area (Å²) in [6.07, 6.45) is 0. The molecular weight excluding hydrogens is 165 g/mol. The van der Waals surface area contributed by atoms with E-state index in [0.29, 0.717) is 5.88 Å². The van der Waals surface area contributed by atoms with E-state index >= 15 is 0 Å². The quantitative estimate of drug-likeness (QED) is 0.681. The Balaban J connectivity index is 2.81. The van der Waals surface area contributed by atoms with E-state index < -0.39 is 0 Å². The van der Waals surface area contributed by atoms with E-state index in [1.165, 1.54) is 12.1 Å². The lowest BCUT2D eigenvalue weighted by Crippen LogP contribution is -2.11. The fourth-order valence-electron chi connectivity index (χ4n) is 0.799. The zero-order chi connectivity index (χ0) is 8.27. The van der Waals surface area contributed by atoms with Gasteiger partial charge in [-0.2, -0.15) is 0 Å². The summed E-state index contributed by atoms with van der Waals surface area (Å²) < 4.78 is 12.4. The summed E-state index contributed by atoms with van der Waals surface area (Å²) in [5, 5.41) is 0. The molecule has 0 radical (unpaired) electrons. The molecule has 60 valence electrons. The Kier molecular flexibility index (Phi) is 2.85. The number of alkyl halides is 1. The molecule has 1 aromatic rings. The molecule has 0 unspecified atom stereocenters. The van der Waals surface area contributed by atoms with Crippen molar-refractivity contribution < 1.29 is 4.39 Å². The van der Waals surface area contributed by atoms with Crippen molar-refractivity contribution in [1.82, 2.24) is 0 Å². The average Bonchev–Trinajstić information content (AvgIpc) is 2.05. The Morgan fingerprint density at radius 1 is 1.36 bits per heavy atom. The summed E-state index contributed by atoms with van der Waals surface area (Å²) in [6, 6.07) is 5.84. The minimum absolute atomic E-state index is 0.197. The van der Waals surface area contributed by atoms with E-state index in [2.05, 4.69) is 0 Å². The van der Waals surface area contributed by atoms with E-state index in [1.807, 2.05) is 0 Å². The minimum Gasteiger partial charge on any atom is -0.323 e. The molecule has 2 N–H and O–H groups in total. The molecule has 1 aromatic carbocycles. The van der Waals surface area contributed by atoms with Crippen LogP contribution in [-0.2, 0) is 0 Å². The number of hydrogen-bond acceptors (Lipinski definition) is 1. The minimum atomic E-state index is -0.254. The summed E-state index contributed by atoms with van der Waals surface area (Å²) in [6.45, 7) is 0. The van der Waals surface area contributed by atoms with Crippen molar-refractivity contribution >= 4 is 11.6 Å². The zero-order valence-corrected chi connectivity index (χ0v) is 6.68. The van der Waals surface area contributed by atoms with Crippen LogP contribution in [-0.4, -0.2) is 5.88 Å². The van der Waals surface area contributed by atoms with Crippen molar-refractivity contribution in [2.75, 3.05) is 5.88 Å². The first-order valence-electron chi connectivity index (χ1n) is 3.31. The van der Waals surface area contributed by atoms with E-state index in [4.69, 9.17) is 17.3 Å². The molecule has 0 amide bonds. The molecule has 1 atom stereocenters. The molecule has 3 heteroatoms. The zero-order valence-electron chi connectivity index (χ0n) is 5.93. The van der Waals surface area contributed by atoms with Gasteiger partial charge < -0.3 is 5.73 Å². The van der Waals surface area contributed by atoms with Gasteiger partial charge in [-0.05, 0) is 17.7 Å². The van der Waals surface area contributed by atoms with Crippen LogP contribution in [0.25, 0.3) is 0 Å². The first kappa shape index (κ1) is 8.50. The largest absolute Gasteiger partial charge is 0.323 e. The highest BCUT2D eigenvalue weighted by molar-refractivity contribution is 6.18. The lowest BCUT2D eigenvalue weighted by molar-refractivity contribution is 0.626. The molecule has 11 heavy (non-hydrogen) atoms. The molecule has 0 heterocycles. The maximum Gasteiger partial charge on any atom is 0.123 e. The van der Waals surface area contributed by atoms with Crippen LogP contribution in [0, 0.1) is 5.82 Å². The maximum absolute atomic E-state index is 12.4. The Hall–Kier alpha value is -0.600. The highest BCUT2D eigenvalue weighted by atomic mass is 35.5. The van der Waals surface area contributed by atoms with E-state index in [0.717, 1.165) is 5.56 Å². The summed E-state index contributed by atoms with van der Waals surface area (Å²) in [5.41, 5.74) is 6.45. The molecule has 0 spiro atoms. The van der Waals surface area contributed by atoms with Crippen LogP contribution in [0.5, 0.6) is 0 Å². The Bertz CT molecular complexity index is 222. The topological polar surface area (TPSA) is 26.0 Å². The van der Waals surface area contributed by atoms with Crippen LogP contribution in [0.15, 0.2) is 24.3 Å². The number of benzene rings is 1. The second-order valence-corrected chi connectivity index (χ2v) is 2.62. The van der Waals surface area contributed by atoms with Crippen molar-refractivity contribution in [3.8, 4) is 0 Å². The van der Waals surface area contributed by atoms with Crippen LogP contribution < -0.4 is 5.73 Å². The van der Waals surface area contributed by atoms with E-state index in [-0.39, 0.29) is 11.9 Å². The summed E-state index contributed by atoms with van der Waals surface area (Å²) in [4.78, 5) is 0. The van der Waals surface area contributed by atoms with E-state index in [9.17, 15) is 4.39 Å². The van der Waals surface area contributed by atoms with Crippen molar-refractivity contribution in [1.29, 1.82) is 0 Å².